The van der Waals surface area contributed by atoms with Gasteiger partial charge in [0.1, 0.15) is 0 Å². The molecule has 0 aromatic heterocycles. The Kier molecular flexibility index (Phi) is 3.93. The van der Waals surface area contributed by atoms with E-state index in [-0.39, 0.29) is 0 Å². The number of hydrogen-bond donors (Lipinski definition) is 1. The summed E-state index contributed by atoms with van der Waals surface area (Å²) in [5.41, 5.74) is 9.49. The molecule has 2 heteroatoms. The van der Waals surface area contributed by atoms with Gasteiger partial charge in [-0.1, -0.05) is 31.4 Å². The number of anilines is 2. The lowest BCUT2D eigenvalue weighted by Crippen LogP contribution is -2.28. The Bertz CT molecular complexity index is 347. The minimum absolute atomic E-state index is 0.854. The second-order valence-corrected chi connectivity index (χ2v) is 5.40. The second kappa shape index (κ2) is 5.44. The summed E-state index contributed by atoms with van der Waals surface area (Å²) in [6, 6.07) is 6.17. The van der Waals surface area contributed by atoms with Crippen molar-refractivity contribution in [2.45, 2.75) is 39.0 Å². The maximum absolute atomic E-state index is 6.09. The standard InChI is InChI=1S/C15H24N2/c1-12-7-6-10-14(16)15(12)17(2)11-13-8-4-3-5-9-13/h6-7,10,13H,3-5,8-9,11,16H2,1-2H3. The molecule has 1 fully saturated rings. The molecule has 0 spiro atoms. The molecule has 0 atom stereocenters. The van der Waals surface area contributed by atoms with Crippen molar-refractivity contribution < 1.29 is 0 Å². The van der Waals surface area contributed by atoms with E-state index >= 15 is 0 Å². The Labute approximate surface area is 105 Å². The molecule has 2 N–H and O–H groups in total. The summed E-state index contributed by atoms with van der Waals surface area (Å²) in [4.78, 5) is 2.35. The molecule has 1 aliphatic carbocycles. The Morgan fingerprint density at radius 3 is 2.59 bits per heavy atom. The van der Waals surface area contributed by atoms with Crippen molar-refractivity contribution in [3.05, 3.63) is 23.8 Å². The van der Waals surface area contributed by atoms with Gasteiger partial charge < -0.3 is 10.6 Å². The second-order valence-electron chi connectivity index (χ2n) is 5.40. The molecular weight excluding hydrogens is 208 g/mol. The van der Waals surface area contributed by atoms with Crippen LogP contribution < -0.4 is 10.6 Å². The number of para-hydroxylation sites is 1. The predicted molar refractivity (Wildman–Crippen MR) is 75.4 cm³/mol. The van der Waals surface area contributed by atoms with E-state index in [0.29, 0.717) is 0 Å². The fourth-order valence-electron chi connectivity index (χ4n) is 3.05. The summed E-state index contributed by atoms with van der Waals surface area (Å²) in [5, 5.41) is 0. The quantitative estimate of drug-likeness (QED) is 0.807. The predicted octanol–water partition coefficient (Wildman–Crippen LogP) is 3.59. The Balaban J connectivity index is 2.05. The first-order chi connectivity index (χ1) is 8.18. The molecule has 0 heterocycles. The fraction of sp³-hybridized carbons (Fsp3) is 0.600. The van der Waals surface area contributed by atoms with Gasteiger partial charge in [0.25, 0.3) is 0 Å². The summed E-state index contributed by atoms with van der Waals surface area (Å²) < 4.78 is 0. The molecule has 0 unspecified atom stereocenters. The molecular formula is C15H24N2. The minimum Gasteiger partial charge on any atom is -0.397 e. The van der Waals surface area contributed by atoms with Crippen LogP contribution in [0.3, 0.4) is 0 Å². The van der Waals surface area contributed by atoms with Crippen molar-refractivity contribution in [1.29, 1.82) is 0 Å². The van der Waals surface area contributed by atoms with Gasteiger partial charge in [-0.25, -0.2) is 0 Å². The first kappa shape index (κ1) is 12.3. The van der Waals surface area contributed by atoms with Crippen LogP contribution in [0, 0.1) is 12.8 Å². The summed E-state index contributed by atoms with van der Waals surface area (Å²) in [5.74, 6) is 0.854. The van der Waals surface area contributed by atoms with Crippen LogP contribution in [0.5, 0.6) is 0 Å². The van der Waals surface area contributed by atoms with E-state index in [0.717, 1.165) is 18.2 Å². The van der Waals surface area contributed by atoms with Crippen LogP contribution in [0.2, 0.25) is 0 Å². The molecule has 0 radical (unpaired) electrons. The average molecular weight is 232 g/mol. The van der Waals surface area contributed by atoms with Crippen LogP contribution in [-0.4, -0.2) is 13.6 Å². The molecule has 1 aliphatic rings. The lowest BCUT2D eigenvalue weighted by Gasteiger charge is -2.30. The third kappa shape index (κ3) is 2.93. The van der Waals surface area contributed by atoms with Gasteiger partial charge >= 0.3 is 0 Å². The maximum atomic E-state index is 6.09. The third-order valence-corrected chi connectivity index (χ3v) is 3.91. The topological polar surface area (TPSA) is 29.3 Å². The van der Waals surface area contributed by atoms with E-state index in [1.807, 2.05) is 12.1 Å². The zero-order valence-electron chi connectivity index (χ0n) is 11.1. The van der Waals surface area contributed by atoms with Crippen molar-refractivity contribution in [1.82, 2.24) is 0 Å². The summed E-state index contributed by atoms with van der Waals surface area (Å²) in [6.07, 6.45) is 7.00. The van der Waals surface area contributed by atoms with Gasteiger partial charge in [-0.3, -0.25) is 0 Å². The van der Waals surface area contributed by atoms with E-state index in [1.165, 1.54) is 43.4 Å². The molecule has 0 amide bonds. The van der Waals surface area contributed by atoms with Crippen LogP contribution in [0.15, 0.2) is 18.2 Å². The average Bonchev–Trinajstić information content (AvgIpc) is 2.30. The normalized spacial score (nSPS) is 17.1. The summed E-state index contributed by atoms with van der Waals surface area (Å²) in [6.45, 7) is 3.29. The van der Waals surface area contributed by atoms with Crippen molar-refractivity contribution >= 4 is 11.4 Å². The minimum atomic E-state index is 0.854. The maximum Gasteiger partial charge on any atom is 0.0627 e. The van der Waals surface area contributed by atoms with Gasteiger partial charge in [0.15, 0.2) is 0 Å². The third-order valence-electron chi connectivity index (χ3n) is 3.91. The Morgan fingerprint density at radius 2 is 1.94 bits per heavy atom. The van der Waals surface area contributed by atoms with Gasteiger partial charge in [0, 0.05) is 13.6 Å². The van der Waals surface area contributed by atoms with Crippen molar-refractivity contribution in [3.8, 4) is 0 Å². The first-order valence-electron chi connectivity index (χ1n) is 6.74. The summed E-state index contributed by atoms with van der Waals surface area (Å²) in [7, 11) is 2.17. The molecule has 2 nitrogen and oxygen atoms in total. The van der Waals surface area contributed by atoms with Crippen LogP contribution in [0.1, 0.15) is 37.7 Å². The number of nitrogens with two attached hydrogens (primary N) is 1. The molecule has 1 aromatic rings. The molecule has 94 valence electrons. The first-order valence-corrected chi connectivity index (χ1v) is 6.74. The monoisotopic (exact) mass is 232 g/mol. The van der Waals surface area contributed by atoms with Crippen molar-refractivity contribution in [2.24, 2.45) is 5.92 Å². The zero-order chi connectivity index (χ0) is 12.3. The van der Waals surface area contributed by atoms with Crippen LogP contribution in [-0.2, 0) is 0 Å². The fourth-order valence-corrected chi connectivity index (χ4v) is 3.05. The molecule has 2 rings (SSSR count). The highest BCUT2D eigenvalue weighted by Crippen LogP contribution is 2.30. The van der Waals surface area contributed by atoms with E-state index in [4.69, 9.17) is 5.73 Å². The Hall–Kier alpha value is -1.18. The van der Waals surface area contributed by atoms with Gasteiger partial charge in [-0.2, -0.15) is 0 Å². The smallest absolute Gasteiger partial charge is 0.0627 e. The van der Waals surface area contributed by atoms with Gasteiger partial charge in [-0.05, 0) is 37.3 Å². The van der Waals surface area contributed by atoms with E-state index in [9.17, 15) is 0 Å². The molecule has 0 saturated heterocycles. The zero-order valence-corrected chi connectivity index (χ0v) is 11.1. The van der Waals surface area contributed by atoms with Gasteiger partial charge in [0.05, 0.1) is 11.4 Å². The number of rotatable bonds is 3. The van der Waals surface area contributed by atoms with Crippen LogP contribution >= 0.6 is 0 Å². The number of benzene rings is 1. The lowest BCUT2D eigenvalue weighted by molar-refractivity contribution is 0.362. The van der Waals surface area contributed by atoms with Crippen molar-refractivity contribution in [3.63, 3.8) is 0 Å². The van der Waals surface area contributed by atoms with Gasteiger partial charge in [-0.15, -0.1) is 0 Å². The Morgan fingerprint density at radius 1 is 1.24 bits per heavy atom. The molecule has 0 aliphatic heterocycles. The number of hydrogen-bond acceptors (Lipinski definition) is 2. The highest BCUT2D eigenvalue weighted by Gasteiger charge is 2.17. The number of nitrogen functional groups attached to an aromatic ring is 1. The highest BCUT2D eigenvalue weighted by molar-refractivity contribution is 5.71. The molecule has 17 heavy (non-hydrogen) atoms. The highest BCUT2D eigenvalue weighted by atomic mass is 15.1. The van der Waals surface area contributed by atoms with Crippen LogP contribution in [0.4, 0.5) is 11.4 Å². The van der Waals surface area contributed by atoms with Gasteiger partial charge in [0.2, 0.25) is 0 Å². The number of nitrogens with zero attached hydrogens (tertiary/aromatic N) is 1. The molecule has 1 saturated carbocycles. The summed E-state index contributed by atoms with van der Waals surface area (Å²) >= 11 is 0. The van der Waals surface area contributed by atoms with E-state index in [1.54, 1.807) is 0 Å². The largest absolute Gasteiger partial charge is 0.397 e. The van der Waals surface area contributed by atoms with Crippen molar-refractivity contribution in [2.75, 3.05) is 24.2 Å². The van der Waals surface area contributed by atoms with E-state index in [2.05, 4.69) is 24.9 Å². The van der Waals surface area contributed by atoms with E-state index < -0.39 is 0 Å². The lowest BCUT2D eigenvalue weighted by atomic mass is 9.89. The van der Waals surface area contributed by atoms with Crippen LogP contribution in [0.25, 0.3) is 0 Å². The SMILES string of the molecule is Cc1cccc(N)c1N(C)CC1CCCCC1. The molecule has 0 bridgehead atoms. The molecule has 1 aromatic carbocycles. The number of aryl methyl sites for hydroxylation is 1.